The highest BCUT2D eigenvalue weighted by atomic mass is 35.5. The maximum Gasteiger partial charge on any atom is 0.258 e. The summed E-state index contributed by atoms with van der Waals surface area (Å²) in [5.41, 5.74) is 0. The number of hydrogen-bond acceptors (Lipinski definition) is 3. The van der Waals surface area contributed by atoms with Gasteiger partial charge in [-0.05, 0) is 38.4 Å². The zero-order valence-electron chi connectivity index (χ0n) is 11.7. The highest BCUT2D eigenvalue weighted by molar-refractivity contribution is 6.34. The lowest BCUT2D eigenvalue weighted by Gasteiger charge is -2.28. The van der Waals surface area contributed by atoms with E-state index in [0.717, 1.165) is 19.4 Å². The van der Waals surface area contributed by atoms with Crippen LogP contribution >= 0.6 is 35.6 Å². The van der Waals surface area contributed by atoms with E-state index in [9.17, 15) is 4.79 Å². The first kappa shape index (κ1) is 18.4. The standard InChI is InChI=1S/C14H18Cl2N2O2.ClH/c1-9-6-11(4-5-17-9)18-14(19)8-20-13-7-10(15)2-3-12(13)16;/h2-3,7,9,11,17H,4-6,8H2,1H3,(H,18,19);1H. The molecule has 2 N–H and O–H groups in total. The van der Waals surface area contributed by atoms with Crippen LogP contribution in [0.1, 0.15) is 19.8 Å². The second kappa shape index (κ2) is 8.69. The van der Waals surface area contributed by atoms with Gasteiger partial charge in [0, 0.05) is 23.2 Å². The summed E-state index contributed by atoms with van der Waals surface area (Å²) in [7, 11) is 0. The van der Waals surface area contributed by atoms with Crippen LogP contribution in [0.25, 0.3) is 0 Å². The van der Waals surface area contributed by atoms with Gasteiger partial charge >= 0.3 is 0 Å². The van der Waals surface area contributed by atoms with Crippen LogP contribution < -0.4 is 15.4 Å². The van der Waals surface area contributed by atoms with Crippen molar-refractivity contribution in [2.75, 3.05) is 13.2 Å². The minimum Gasteiger partial charge on any atom is -0.482 e. The third-order valence-corrected chi connectivity index (χ3v) is 3.79. The van der Waals surface area contributed by atoms with E-state index >= 15 is 0 Å². The molecule has 1 aromatic rings. The van der Waals surface area contributed by atoms with E-state index < -0.39 is 0 Å². The zero-order valence-corrected chi connectivity index (χ0v) is 14.0. The van der Waals surface area contributed by atoms with Gasteiger partial charge in [0.15, 0.2) is 6.61 Å². The molecule has 0 radical (unpaired) electrons. The van der Waals surface area contributed by atoms with Gasteiger partial charge in [-0.25, -0.2) is 0 Å². The molecule has 4 nitrogen and oxygen atoms in total. The van der Waals surface area contributed by atoms with Crippen molar-refractivity contribution in [2.45, 2.75) is 31.8 Å². The smallest absolute Gasteiger partial charge is 0.258 e. The van der Waals surface area contributed by atoms with E-state index in [1.807, 2.05) is 0 Å². The number of rotatable bonds is 4. The van der Waals surface area contributed by atoms with Gasteiger partial charge in [0.05, 0.1) is 5.02 Å². The first-order valence-corrected chi connectivity index (χ1v) is 7.41. The second-order valence-electron chi connectivity index (χ2n) is 5.01. The highest BCUT2D eigenvalue weighted by Gasteiger charge is 2.20. The molecule has 2 atom stereocenters. The average Bonchev–Trinajstić information content (AvgIpc) is 2.40. The van der Waals surface area contributed by atoms with Gasteiger partial charge < -0.3 is 15.4 Å². The van der Waals surface area contributed by atoms with Gasteiger partial charge in [0.25, 0.3) is 5.91 Å². The Bertz CT molecular complexity index is 485. The van der Waals surface area contributed by atoms with Crippen LogP contribution in [0.3, 0.4) is 0 Å². The Hall–Kier alpha value is -0.680. The molecule has 2 rings (SSSR count). The zero-order chi connectivity index (χ0) is 14.5. The Morgan fingerprint density at radius 1 is 1.48 bits per heavy atom. The van der Waals surface area contributed by atoms with Gasteiger partial charge in [-0.3, -0.25) is 4.79 Å². The normalized spacial score (nSPS) is 21.3. The van der Waals surface area contributed by atoms with E-state index in [2.05, 4.69) is 17.6 Å². The van der Waals surface area contributed by atoms with Crippen LogP contribution in [0.2, 0.25) is 10.0 Å². The monoisotopic (exact) mass is 352 g/mol. The number of amides is 1. The Labute approximate surface area is 140 Å². The first-order valence-electron chi connectivity index (χ1n) is 6.65. The van der Waals surface area contributed by atoms with Crippen molar-refractivity contribution in [2.24, 2.45) is 0 Å². The van der Waals surface area contributed by atoms with Crippen LogP contribution in [-0.2, 0) is 4.79 Å². The van der Waals surface area contributed by atoms with Crippen LogP contribution in [-0.4, -0.2) is 31.1 Å². The van der Waals surface area contributed by atoms with E-state index in [0.29, 0.717) is 21.8 Å². The van der Waals surface area contributed by atoms with Crippen LogP contribution in [0.4, 0.5) is 0 Å². The molecule has 1 aromatic carbocycles. The number of hydrogen-bond donors (Lipinski definition) is 2. The van der Waals surface area contributed by atoms with Gasteiger partial charge in [-0.1, -0.05) is 23.2 Å². The van der Waals surface area contributed by atoms with Crippen molar-refractivity contribution in [3.05, 3.63) is 28.2 Å². The highest BCUT2D eigenvalue weighted by Crippen LogP contribution is 2.27. The van der Waals surface area contributed by atoms with Crippen molar-refractivity contribution in [3.8, 4) is 5.75 Å². The van der Waals surface area contributed by atoms with Crippen molar-refractivity contribution in [1.29, 1.82) is 0 Å². The first-order chi connectivity index (χ1) is 9.54. The molecule has 2 unspecified atom stereocenters. The third kappa shape index (κ3) is 5.91. The fourth-order valence-electron chi connectivity index (χ4n) is 2.26. The van der Waals surface area contributed by atoms with Crippen LogP contribution in [0.5, 0.6) is 5.75 Å². The quantitative estimate of drug-likeness (QED) is 0.874. The molecule has 21 heavy (non-hydrogen) atoms. The number of halogens is 3. The number of benzene rings is 1. The third-order valence-electron chi connectivity index (χ3n) is 3.24. The lowest BCUT2D eigenvalue weighted by Crippen LogP contribution is -2.47. The summed E-state index contributed by atoms with van der Waals surface area (Å²) in [4.78, 5) is 11.9. The Kier molecular flexibility index (Phi) is 7.60. The summed E-state index contributed by atoms with van der Waals surface area (Å²) in [6.07, 6.45) is 1.87. The van der Waals surface area contributed by atoms with Crippen molar-refractivity contribution in [1.82, 2.24) is 10.6 Å². The lowest BCUT2D eigenvalue weighted by molar-refractivity contribution is -0.124. The molecule has 0 saturated carbocycles. The molecule has 1 amide bonds. The molecule has 118 valence electrons. The number of ether oxygens (including phenoxy) is 1. The van der Waals surface area contributed by atoms with E-state index in [4.69, 9.17) is 27.9 Å². The predicted molar refractivity (Wildman–Crippen MR) is 87.8 cm³/mol. The van der Waals surface area contributed by atoms with Gasteiger partial charge in [0.2, 0.25) is 0 Å². The molecular weight excluding hydrogens is 335 g/mol. The molecule has 1 aliphatic heterocycles. The Balaban J connectivity index is 0.00000220. The van der Waals surface area contributed by atoms with Gasteiger partial charge in [-0.15, -0.1) is 12.4 Å². The number of carbonyl (C=O) groups is 1. The maximum atomic E-state index is 11.9. The maximum absolute atomic E-state index is 11.9. The molecule has 1 heterocycles. The van der Waals surface area contributed by atoms with Crippen LogP contribution in [0, 0.1) is 0 Å². The fraction of sp³-hybridized carbons (Fsp3) is 0.500. The van der Waals surface area contributed by atoms with Gasteiger partial charge in [-0.2, -0.15) is 0 Å². The van der Waals surface area contributed by atoms with Crippen molar-refractivity contribution in [3.63, 3.8) is 0 Å². The van der Waals surface area contributed by atoms with Crippen molar-refractivity contribution < 1.29 is 9.53 Å². The van der Waals surface area contributed by atoms with Crippen molar-refractivity contribution >= 4 is 41.5 Å². The molecule has 1 saturated heterocycles. The molecule has 0 spiro atoms. The van der Waals surface area contributed by atoms with E-state index in [1.165, 1.54) is 0 Å². The molecular formula is C14H19Cl3N2O2. The van der Waals surface area contributed by atoms with Crippen LogP contribution in [0.15, 0.2) is 18.2 Å². The minimum absolute atomic E-state index is 0. The topological polar surface area (TPSA) is 50.4 Å². The summed E-state index contributed by atoms with van der Waals surface area (Å²) in [6.45, 7) is 2.98. The predicted octanol–water partition coefficient (Wildman–Crippen LogP) is 3.05. The summed E-state index contributed by atoms with van der Waals surface area (Å²) < 4.78 is 5.40. The average molecular weight is 354 g/mol. The summed E-state index contributed by atoms with van der Waals surface area (Å²) in [5, 5.41) is 7.28. The van der Waals surface area contributed by atoms with Gasteiger partial charge in [0.1, 0.15) is 5.75 Å². The summed E-state index contributed by atoms with van der Waals surface area (Å²) >= 11 is 11.8. The second-order valence-corrected chi connectivity index (χ2v) is 5.85. The number of carbonyl (C=O) groups excluding carboxylic acids is 1. The molecule has 0 aromatic heterocycles. The molecule has 7 heteroatoms. The Morgan fingerprint density at radius 2 is 2.24 bits per heavy atom. The Morgan fingerprint density at radius 3 is 2.95 bits per heavy atom. The molecule has 1 aliphatic rings. The molecule has 0 aliphatic carbocycles. The number of piperidine rings is 1. The summed E-state index contributed by atoms with van der Waals surface area (Å²) in [6, 6.07) is 5.55. The molecule has 0 bridgehead atoms. The minimum atomic E-state index is -0.139. The molecule has 1 fully saturated rings. The largest absolute Gasteiger partial charge is 0.482 e. The number of nitrogens with one attached hydrogen (secondary N) is 2. The SMILES string of the molecule is CC1CC(NC(=O)COc2cc(Cl)ccc2Cl)CCN1.Cl. The summed E-state index contributed by atoms with van der Waals surface area (Å²) in [5.74, 6) is 0.285. The van der Waals surface area contributed by atoms with E-state index in [1.54, 1.807) is 18.2 Å². The lowest BCUT2D eigenvalue weighted by atomic mass is 10.0. The fourth-order valence-corrected chi connectivity index (χ4v) is 2.60. The van der Waals surface area contributed by atoms with E-state index in [-0.39, 0.29) is 31.0 Å².